The topological polar surface area (TPSA) is 97.5 Å². The molecule has 3 N–H and O–H groups in total. The first kappa shape index (κ1) is 23.2. The third-order valence-electron chi connectivity index (χ3n) is 7.62. The molecule has 36 heavy (non-hydrogen) atoms. The Balaban J connectivity index is 1.44. The molecule has 1 saturated carbocycles. The van der Waals surface area contributed by atoms with Gasteiger partial charge in [0.15, 0.2) is 5.75 Å². The van der Waals surface area contributed by atoms with Crippen molar-refractivity contribution in [2.45, 2.75) is 44.8 Å². The summed E-state index contributed by atoms with van der Waals surface area (Å²) in [5.74, 6) is 1.28. The van der Waals surface area contributed by atoms with Crippen LogP contribution in [0.2, 0.25) is 5.02 Å². The van der Waals surface area contributed by atoms with E-state index in [1.165, 1.54) is 0 Å². The number of H-pyrrole nitrogens is 1. The second-order valence-corrected chi connectivity index (χ2v) is 10.8. The van der Waals surface area contributed by atoms with Gasteiger partial charge in [0, 0.05) is 34.8 Å². The van der Waals surface area contributed by atoms with Gasteiger partial charge in [0.05, 0.1) is 53.7 Å². The van der Waals surface area contributed by atoms with Gasteiger partial charge in [0.1, 0.15) is 12.4 Å². The molecule has 2 fully saturated rings. The summed E-state index contributed by atoms with van der Waals surface area (Å²) in [7, 11) is 1.57. The second kappa shape index (κ2) is 8.71. The summed E-state index contributed by atoms with van der Waals surface area (Å²) < 4.78 is 17.5. The van der Waals surface area contributed by atoms with Gasteiger partial charge in [-0.2, -0.15) is 0 Å². The molecule has 1 saturated heterocycles. The van der Waals surface area contributed by atoms with Crippen molar-refractivity contribution in [3.05, 3.63) is 52.9 Å². The van der Waals surface area contributed by atoms with E-state index < -0.39 is 0 Å². The molecule has 8 nitrogen and oxygen atoms in total. The minimum Gasteiger partial charge on any atom is -0.493 e. The molecule has 3 atom stereocenters. The summed E-state index contributed by atoms with van der Waals surface area (Å²) in [5.41, 5.74) is 4.52. The number of carbonyl (C=O) groups excluding carboxylic acids is 1. The van der Waals surface area contributed by atoms with Crippen molar-refractivity contribution < 1.29 is 19.0 Å². The summed E-state index contributed by atoms with van der Waals surface area (Å²) in [6.45, 7) is 5.48. The number of aromatic amines is 1. The predicted octanol–water partition coefficient (Wildman–Crippen LogP) is 5.28. The Bertz CT molecular complexity index is 1340. The fourth-order valence-electron chi connectivity index (χ4n) is 5.24. The monoisotopic (exact) mass is 508 g/mol. The maximum Gasteiger partial charge on any atom is 0.255 e. The zero-order valence-electron chi connectivity index (χ0n) is 20.5. The highest BCUT2D eigenvalue weighted by atomic mass is 35.5. The Labute approximate surface area is 214 Å². The standard InChI is InChI=1S/C27H29ClN4O4/c1-27(2)13-36-20(27)12-35-19-11-29-10-9-15(19)23-24(30-18-6-4-5-16(28)25(18)34-3)21-22(32-23)14-7-8-17(14)31-26(21)33/h4-6,9-11,14,17,20,30,32H,7-8,12-13H2,1-3H3,(H,31,33)/t14-,17+,20+/m1/s1. The quantitative estimate of drug-likeness (QED) is 0.402. The number of para-hydroxylation sites is 1. The zero-order valence-corrected chi connectivity index (χ0v) is 21.2. The van der Waals surface area contributed by atoms with Crippen LogP contribution in [-0.4, -0.2) is 48.3 Å². The molecule has 2 aliphatic heterocycles. The molecule has 0 bridgehead atoms. The summed E-state index contributed by atoms with van der Waals surface area (Å²) in [5, 5.41) is 7.10. The van der Waals surface area contributed by atoms with Gasteiger partial charge in [-0.25, -0.2) is 0 Å². The molecule has 4 heterocycles. The number of rotatable bonds is 7. The molecule has 1 aliphatic carbocycles. The van der Waals surface area contributed by atoms with Gasteiger partial charge < -0.3 is 29.8 Å². The van der Waals surface area contributed by atoms with Crippen LogP contribution in [0.25, 0.3) is 11.3 Å². The Morgan fingerprint density at radius 1 is 1.28 bits per heavy atom. The zero-order chi connectivity index (χ0) is 25.0. The normalized spacial score (nSPS) is 23.4. The van der Waals surface area contributed by atoms with Gasteiger partial charge in [0.2, 0.25) is 0 Å². The lowest BCUT2D eigenvalue weighted by atomic mass is 9.74. The number of amides is 1. The van der Waals surface area contributed by atoms with Gasteiger partial charge >= 0.3 is 0 Å². The molecular formula is C27H29ClN4O4. The number of nitrogens with one attached hydrogen (secondary N) is 3. The van der Waals surface area contributed by atoms with Gasteiger partial charge in [-0.05, 0) is 31.0 Å². The lowest BCUT2D eigenvalue weighted by Crippen LogP contribution is -2.50. The van der Waals surface area contributed by atoms with Crippen molar-refractivity contribution in [2.75, 3.05) is 25.6 Å². The molecule has 188 valence electrons. The van der Waals surface area contributed by atoms with Crippen LogP contribution in [-0.2, 0) is 4.74 Å². The average Bonchev–Trinajstić information content (AvgIpc) is 3.19. The number of hydrogen-bond donors (Lipinski definition) is 3. The number of pyridine rings is 1. The lowest BCUT2D eigenvalue weighted by Gasteiger charge is -2.43. The molecular weight excluding hydrogens is 480 g/mol. The third-order valence-corrected chi connectivity index (χ3v) is 7.92. The van der Waals surface area contributed by atoms with Crippen LogP contribution < -0.4 is 20.1 Å². The van der Waals surface area contributed by atoms with Crippen LogP contribution in [0, 0.1) is 5.41 Å². The van der Waals surface area contributed by atoms with E-state index in [0.717, 1.165) is 36.4 Å². The lowest BCUT2D eigenvalue weighted by molar-refractivity contribution is -0.180. The summed E-state index contributed by atoms with van der Waals surface area (Å²) in [6, 6.07) is 7.55. The van der Waals surface area contributed by atoms with Crippen LogP contribution in [0.5, 0.6) is 11.5 Å². The highest BCUT2D eigenvalue weighted by Crippen LogP contribution is 2.49. The van der Waals surface area contributed by atoms with E-state index in [9.17, 15) is 4.79 Å². The van der Waals surface area contributed by atoms with Crippen molar-refractivity contribution >= 4 is 28.9 Å². The minimum absolute atomic E-state index is 0.0113. The summed E-state index contributed by atoms with van der Waals surface area (Å²) in [4.78, 5) is 21.2. The van der Waals surface area contributed by atoms with Gasteiger partial charge in [-0.1, -0.05) is 31.5 Å². The number of ether oxygens (including phenoxy) is 3. The fraction of sp³-hybridized carbons (Fsp3) is 0.407. The number of nitrogens with zero attached hydrogens (tertiary/aromatic N) is 1. The fourth-order valence-corrected chi connectivity index (χ4v) is 5.50. The highest BCUT2D eigenvalue weighted by Gasteiger charge is 2.44. The smallest absolute Gasteiger partial charge is 0.255 e. The van der Waals surface area contributed by atoms with E-state index in [2.05, 4.69) is 34.4 Å². The number of anilines is 2. The molecule has 0 unspecified atom stereocenters. The van der Waals surface area contributed by atoms with Gasteiger partial charge in [-0.15, -0.1) is 0 Å². The third kappa shape index (κ3) is 3.71. The highest BCUT2D eigenvalue weighted by molar-refractivity contribution is 6.32. The largest absolute Gasteiger partial charge is 0.493 e. The number of fused-ring (bicyclic) bond motifs is 3. The maximum absolute atomic E-state index is 13.3. The van der Waals surface area contributed by atoms with E-state index in [-0.39, 0.29) is 29.4 Å². The summed E-state index contributed by atoms with van der Waals surface area (Å²) in [6.07, 6.45) is 5.44. The van der Waals surface area contributed by atoms with Crippen molar-refractivity contribution in [3.63, 3.8) is 0 Å². The SMILES string of the molecule is COc1c(Cl)cccc1Nc1c(-c2ccncc2OC[C@@H]2OCC2(C)C)[nH]c2c1C(=O)N[C@H]1CC[C@@H]21. The molecule has 9 heteroatoms. The first-order chi connectivity index (χ1) is 17.4. The van der Waals surface area contributed by atoms with E-state index in [0.29, 0.717) is 40.1 Å². The molecule has 0 spiro atoms. The Morgan fingerprint density at radius 3 is 2.83 bits per heavy atom. The Hall–Kier alpha value is -3.23. The Kier molecular flexibility index (Phi) is 5.61. The van der Waals surface area contributed by atoms with E-state index in [1.54, 1.807) is 25.6 Å². The van der Waals surface area contributed by atoms with Crippen LogP contribution >= 0.6 is 11.6 Å². The maximum atomic E-state index is 13.3. The number of benzene rings is 1. The van der Waals surface area contributed by atoms with Crippen molar-refractivity contribution in [2.24, 2.45) is 5.41 Å². The van der Waals surface area contributed by atoms with Crippen LogP contribution in [0.15, 0.2) is 36.7 Å². The molecule has 2 aromatic heterocycles. The van der Waals surface area contributed by atoms with Gasteiger partial charge in [-0.3, -0.25) is 9.78 Å². The van der Waals surface area contributed by atoms with Crippen molar-refractivity contribution in [1.29, 1.82) is 0 Å². The summed E-state index contributed by atoms with van der Waals surface area (Å²) >= 11 is 6.40. The number of hydrogen-bond acceptors (Lipinski definition) is 6. The van der Waals surface area contributed by atoms with Gasteiger partial charge in [0.25, 0.3) is 5.91 Å². The van der Waals surface area contributed by atoms with Crippen molar-refractivity contribution in [1.82, 2.24) is 15.3 Å². The molecule has 3 aliphatic rings. The van der Waals surface area contributed by atoms with E-state index in [1.807, 2.05) is 18.2 Å². The molecule has 0 radical (unpaired) electrons. The van der Waals surface area contributed by atoms with E-state index in [4.69, 9.17) is 25.8 Å². The minimum atomic E-state index is -0.0990. The first-order valence-corrected chi connectivity index (χ1v) is 12.6. The first-order valence-electron chi connectivity index (χ1n) is 12.2. The number of methoxy groups -OCH3 is 1. The average molecular weight is 509 g/mol. The molecule has 1 aromatic carbocycles. The molecule has 6 rings (SSSR count). The van der Waals surface area contributed by atoms with Crippen molar-refractivity contribution in [3.8, 4) is 22.8 Å². The molecule has 1 amide bonds. The Morgan fingerprint density at radius 2 is 2.14 bits per heavy atom. The number of carbonyl (C=O) groups is 1. The van der Waals surface area contributed by atoms with Crippen LogP contribution in [0.4, 0.5) is 11.4 Å². The molecule has 3 aromatic rings. The van der Waals surface area contributed by atoms with Crippen LogP contribution in [0.1, 0.15) is 48.7 Å². The number of halogens is 1. The number of aromatic nitrogens is 2. The second-order valence-electron chi connectivity index (χ2n) is 10.3. The predicted molar refractivity (Wildman–Crippen MR) is 138 cm³/mol. The van der Waals surface area contributed by atoms with Crippen LogP contribution in [0.3, 0.4) is 0 Å². The van der Waals surface area contributed by atoms with E-state index >= 15 is 0 Å².